The van der Waals surface area contributed by atoms with Gasteiger partial charge in [0.25, 0.3) is 0 Å². The van der Waals surface area contributed by atoms with E-state index in [4.69, 9.17) is 0 Å². The van der Waals surface area contributed by atoms with Gasteiger partial charge in [0, 0.05) is 19.1 Å². The molecule has 0 aromatic carbocycles. The second-order valence-electron chi connectivity index (χ2n) is 4.97. The van der Waals surface area contributed by atoms with Crippen LogP contribution in [-0.2, 0) is 0 Å². The Morgan fingerprint density at radius 1 is 1.42 bits per heavy atom. The van der Waals surface area contributed by atoms with Gasteiger partial charge in [-0.25, -0.2) is 9.37 Å². The highest BCUT2D eigenvalue weighted by atomic mass is 19.1. The standard InChI is InChI=1S/C13H22FN5/c1-3-15-13-16-8-11(14)12(18-13)17-10(2)9-19-6-4-5-7-19/h8,10H,3-7,9H2,1-2H3,(H2,15,16,17,18). The first-order chi connectivity index (χ1) is 9.19. The number of hydrogen-bond acceptors (Lipinski definition) is 5. The Morgan fingerprint density at radius 2 is 2.16 bits per heavy atom. The maximum Gasteiger partial charge on any atom is 0.224 e. The van der Waals surface area contributed by atoms with E-state index < -0.39 is 5.82 Å². The zero-order valence-corrected chi connectivity index (χ0v) is 11.6. The van der Waals surface area contributed by atoms with Crippen molar-refractivity contribution in [2.24, 2.45) is 0 Å². The molecule has 19 heavy (non-hydrogen) atoms. The molecular formula is C13H22FN5. The van der Waals surface area contributed by atoms with Crippen molar-refractivity contribution >= 4 is 11.8 Å². The van der Waals surface area contributed by atoms with Crippen molar-refractivity contribution in [3.8, 4) is 0 Å². The fourth-order valence-corrected chi connectivity index (χ4v) is 2.34. The fourth-order valence-electron chi connectivity index (χ4n) is 2.34. The molecule has 2 N–H and O–H groups in total. The molecule has 1 aromatic rings. The molecule has 1 atom stereocenters. The highest BCUT2D eigenvalue weighted by Gasteiger charge is 2.16. The minimum absolute atomic E-state index is 0.164. The van der Waals surface area contributed by atoms with E-state index in [0.29, 0.717) is 12.5 Å². The summed E-state index contributed by atoms with van der Waals surface area (Å²) in [5, 5.41) is 6.11. The minimum atomic E-state index is -0.407. The predicted octanol–water partition coefficient (Wildman–Crippen LogP) is 1.94. The Balaban J connectivity index is 1.94. The topological polar surface area (TPSA) is 53.1 Å². The summed E-state index contributed by atoms with van der Waals surface area (Å²) in [5.74, 6) is 0.326. The van der Waals surface area contributed by atoms with Crippen LogP contribution in [0.1, 0.15) is 26.7 Å². The first-order valence-electron chi connectivity index (χ1n) is 6.94. The van der Waals surface area contributed by atoms with Crippen molar-refractivity contribution in [1.82, 2.24) is 14.9 Å². The molecule has 0 spiro atoms. The van der Waals surface area contributed by atoms with Crippen LogP contribution < -0.4 is 10.6 Å². The summed E-state index contributed by atoms with van der Waals surface area (Å²) in [7, 11) is 0. The molecule has 0 aliphatic carbocycles. The van der Waals surface area contributed by atoms with Crippen LogP contribution in [-0.4, -0.2) is 47.1 Å². The van der Waals surface area contributed by atoms with Gasteiger partial charge in [0.15, 0.2) is 11.6 Å². The summed E-state index contributed by atoms with van der Waals surface area (Å²) >= 11 is 0. The molecule has 0 saturated carbocycles. The van der Waals surface area contributed by atoms with E-state index in [1.165, 1.54) is 19.0 Å². The van der Waals surface area contributed by atoms with Crippen molar-refractivity contribution in [1.29, 1.82) is 0 Å². The Labute approximate surface area is 113 Å². The van der Waals surface area contributed by atoms with Crippen LogP contribution in [0.5, 0.6) is 0 Å². The van der Waals surface area contributed by atoms with Gasteiger partial charge in [-0.1, -0.05) is 0 Å². The zero-order valence-electron chi connectivity index (χ0n) is 11.6. The number of aromatic nitrogens is 2. The number of hydrogen-bond donors (Lipinski definition) is 2. The quantitative estimate of drug-likeness (QED) is 0.825. The summed E-state index contributed by atoms with van der Waals surface area (Å²) in [6.07, 6.45) is 3.73. The monoisotopic (exact) mass is 267 g/mol. The lowest BCUT2D eigenvalue weighted by atomic mass is 10.3. The van der Waals surface area contributed by atoms with Gasteiger partial charge in [-0.2, -0.15) is 4.98 Å². The van der Waals surface area contributed by atoms with Crippen molar-refractivity contribution < 1.29 is 4.39 Å². The summed E-state index contributed by atoms with van der Waals surface area (Å²) < 4.78 is 13.7. The van der Waals surface area contributed by atoms with Crippen molar-refractivity contribution in [2.75, 3.05) is 36.8 Å². The third-order valence-electron chi connectivity index (χ3n) is 3.19. The third kappa shape index (κ3) is 4.02. The number of halogens is 1. The lowest BCUT2D eigenvalue weighted by Gasteiger charge is -2.21. The molecule has 6 heteroatoms. The molecule has 0 radical (unpaired) electrons. The van der Waals surface area contributed by atoms with E-state index in [9.17, 15) is 4.39 Å². The molecule has 1 aliphatic rings. The molecular weight excluding hydrogens is 245 g/mol. The van der Waals surface area contributed by atoms with Gasteiger partial charge in [-0.15, -0.1) is 0 Å². The molecule has 1 fully saturated rings. The lowest BCUT2D eigenvalue weighted by molar-refractivity contribution is 0.327. The van der Waals surface area contributed by atoms with E-state index >= 15 is 0 Å². The molecule has 2 heterocycles. The largest absolute Gasteiger partial charge is 0.364 e. The molecule has 1 aliphatic heterocycles. The number of anilines is 2. The van der Waals surface area contributed by atoms with Gasteiger partial charge in [0.05, 0.1) is 6.20 Å². The van der Waals surface area contributed by atoms with E-state index in [2.05, 4.69) is 25.5 Å². The first-order valence-corrected chi connectivity index (χ1v) is 6.94. The highest BCUT2D eigenvalue weighted by molar-refractivity contribution is 5.41. The number of likely N-dealkylation sites (tertiary alicyclic amines) is 1. The normalized spacial score (nSPS) is 17.4. The Bertz CT molecular complexity index is 406. The van der Waals surface area contributed by atoms with Gasteiger partial charge in [-0.05, 0) is 39.8 Å². The lowest BCUT2D eigenvalue weighted by Crippen LogP contribution is -2.33. The first kappa shape index (κ1) is 14.0. The van der Waals surface area contributed by atoms with Gasteiger partial charge in [0.2, 0.25) is 5.95 Å². The maximum atomic E-state index is 13.7. The van der Waals surface area contributed by atoms with E-state index in [1.807, 2.05) is 13.8 Å². The van der Waals surface area contributed by atoms with Gasteiger partial charge < -0.3 is 15.5 Å². The average Bonchev–Trinajstić information content (AvgIpc) is 2.86. The zero-order chi connectivity index (χ0) is 13.7. The van der Waals surface area contributed by atoms with Crippen LogP contribution in [0.4, 0.5) is 16.2 Å². The van der Waals surface area contributed by atoms with E-state index in [1.54, 1.807) is 0 Å². The smallest absolute Gasteiger partial charge is 0.224 e. The summed E-state index contributed by atoms with van der Waals surface area (Å²) in [6.45, 7) is 7.92. The number of nitrogens with zero attached hydrogens (tertiary/aromatic N) is 3. The van der Waals surface area contributed by atoms with Crippen molar-refractivity contribution in [2.45, 2.75) is 32.7 Å². The van der Waals surface area contributed by atoms with E-state index in [0.717, 1.165) is 19.6 Å². The second-order valence-corrected chi connectivity index (χ2v) is 4.97. The van der Waals surface area contributed by atoms with Crippen LogP contribution in [0.3, 0.4) is 0 Å². The summed E-state index contributed by atoms with van der Waals surface area (Å²) in [6, 6.07) is 0.164. The molecule has 5 nitrogen and oxygen atoms in total. The van der Waals surface area contributed by atoms with Crippen molar-refractivity contribution in [3.05, 3.63) is 12.0 Å². The van der Waals surface area contributed by atoms with Crippen LogP contribution in [0.25, 0.3) is 0 Å². The Kier molecular flexibility index (Phi) is 4.90. The SMILES string of the molecule is CCNc1ncc(F)c(NC(C)CN2CCCC2)n1. The third-order valence-corrected chi connectivity index (χ3v) is 3.19. The predicted molar refractivity (Wildman–Crippen MR) is 74.9 cm³/mol. The van der Waals surface area contributed by atoms with Crippen molar-refractivity contribution in [3.63, 3.8) is 0 Å². The highest BCUT2D eigenvalue weighted by Crippen LogP contribution is 2.14. The van der Waals surface area contributed by atoms with Crippen LogP contribution in [0.15, 0.2) is 6.20 Å². The van der Waals surface area contributed by atoms with E-state index in [-0.39, 0.29) is 11.9 Å². The number of rotatable bonds is 6. The van der Waals surface area contributed by atoms with Gasteiger partial charge >= 0.3 is 0 Å². The molecule has 0 amide bonds. The molecule has 2 rings (SSSR count). The minimum Gasteiger partial charge on any atom is -0.364 e. The molecule has 1 unspecified atom stereocenters. The summed E-state index contributed by atoms with van der Waals surface area (Å²) in [5.41, 5.74) is 0. The summed E-state index contributed by atoms with van der Waals surface area (Å²) in [4.78, 5) is 10.4. The van der Waals surface area contributed by atoms with Crippen LogP contribution in [0.2, 0.25) is 0 Å². The molecule has 1 aromatic heterocycles. The molecule has 1 saturated heterocycles. The second kappa shape index (κ2) is 6.65. The van der Waals surface area contributed by atoms with Gasteiger partial charge in [0.1, 0.15) is 0 Å². The maximum absolute atomic E-state index is 13.7. The van der Waals surface area contributed by atoms with Gasteiger partial charge in [-0.3, -0.25) is 0 Å². The number of nitrogens with one attached hydrogen (secondary N) is 2. The van der Waals surface area contributed by atoms with Crippen LogP contribution >= 0.6 is 0 Å². The van der Waals surface area contributed by atoms with Crippen LogP contribution in [0, 0.1) is 5.82 Å². The molecule has 106 valence electrons. The Morgan fingerprint density at radius 3 is 2.84 bits per heavy atom. The molecule has 0 bridgehead atoms. The average molecular weight is 267 g/mol. The Hall–Kier alpha value is -1.43. The fraction of sp³-hybridized carbons (Fsp3) is 0.692.